The molecule has 0 aliphatic rings. The number of carboxylic acid groups (broad SMARTS) is 1. The Kier molecular flexibility index (Phi) is 4.85. The maximum Gasteiger partial charge on any atom is 0.317 e. The van der Waals surface area contributed by atoms with Crippen molar-refractivity contribution in [2.75, 3.05) is 19.7 Å². The molecule has 2 N–H and O–H groups in total. The number of hydrogen-bond acceptors (Lipinski definition) is 3. The van der Waals surface area contributed by atoms with Crippen molar-refractivity contribution in [1.82, 2.24) is 5.32 Å². The number of ether oxygens (including phenoxy) is 1. The van der Waals surface area contributed by atoms with Gasteiger partial charge in [-0.2, -0.15) is 0 Å². The fourth-order valence-corrected chi connectivity index (χ4v) is 0.912. The van der Waals surface area contributed by atoms with E-state index in [-0.39, 0.29) is 12.1 Å². The molecular weight excluding hydrogens is 158 g/mol. The zero-order valence-electron chi connectivity index (χ0n) is 7.89. The van der Waals surface area contributed by atoms with Crippen molar-refractivity contribution < 1.29 is 14.6 Å². The van der Waals surface area contributed by atoms with Crippen LogP contribution >= 0.6 is 0 Å². The molecule has 0 rings (SSSR count). The molecule has 0 aliphatic carbocycles. The zero-order valence-corrected chi connectivity index (χ0v) is 7.89. The van der Waals surface area contributed by atoms with Crippen molar-refractivity contribution in [3.05, 3.63) is 0 Å². The molecule has 0 aromatic rings. The number of nitrogens with one attached hydrogen (secondary N) is 1. The van der Waals surface area contributed by atoms with Crippen LogP contribution < -0.4 is 5.32 Å². The summed E-state index contributed by atoms with van der Waals surface area (Å²) in [5.41, 5.74) is -0.287. The van der Waals surface area contributed by atoms with E-state index in [2.05, 4.69) is 5.32 Å². The van der Waals surface area contributed by atoms with E-state index in [9.17, 15) is 4.79 Å². The molecule has 0 radical (unpaired) electrons. The van der Waals surface area contributed by atoms with E-state index in [1.807, 2.05) is 20.8 Å². The predicted molar refractivity (Wildman–Crippen MR) is 46.2 cm³/mol. The van der Waals surface area contributed by atoms with Crippen LogP contribution in [0.3, 0.4) is 0 Å². The van der Waals surface area contributed by atoms with Crippen LogP contribution in [-0.4, -0.2) is 36.4 Å². The molecule has 0 fully saturated rings. The number of carboxylic acids is 1. The smallest absolute Gasteiger partial charge is 0.317 e. The first-order valence-corrected chi connectivity index (χ1v) is 4.04. The highest BCUT2D eigenvalue weighted by atomic mass is 16.5. The normalized spacial score (nSPS) is 11.6. The van der Waals surface area contributed by atoms with Gasteiger partial charge in [0, 0.05) is 13.2 Å². The summed E-state index contributed by atoms with van der Waals surface area (Å²) in [6.45, 7) is 6.93. The second-order valence-electron chi connectivity index (χ2n) is 3.19. The van der Waals surface area contributed by atoms with Gasteiger partial charge in [-0.15, -0.1) is 0 Å². The first-order valence-electron chi connectivity index (χ1n) is 4.04. The Balaban J connectivity index is 3.53. The summed E-state index contributed by atoms with van der Waals surface area (Å²) in [5.74, 6) is -0.845. The third-order valence-corrected chi connectivity index (χ3v) is 1.36. The molecule has 4 heteroatoms. The molecule has 0 saturated carbocycles. The summed E-state index contributed by atoms with van der Waals surface area (Å²) in [6, 6.07) is 0. The van der Waals surface area contributed by atoms with E-state index in [0.29, 0.717) is 13.2 Å². The van der Waals surface area contributed by atoms with Crippen LogP contribution in [0.5, 0.6) is 0 Å². The first kappa shape index (κ1) is 11.4. The van der Waals surface area contributed by atoms with Gasteiger partial charge in [0.25, 0.3) is 0 Å². The summed E-state index contributed by atoms with van der Waals surface area (Å²) in [6.07, 6.45) is 0. The third kappa shape index (κ3) is 6.12. The second kappa shape index (κ2) is 5.11. The van der Waals surface area contributed by atoms with Gasteiger partial charge in [0.2, 0.25) is 0 Å². The summed E-state index contributed by atoms with van der Waals surface area (Å²) in [7, 11) is 0. The molecule has 0 bridgehead atoms. The highest BCUT2D eigenvalue weighted by molar-refractivity contribution is 5.68. The van der Waals surface area contributed by atoms with Crippen molar-refractivity contribution >= 4 is 5.97 Å². The molecule has 0 unspecified atom stereocenters. The van der Waals surface area contributed by atoms with Crippen molar-refractivity contribution in [1.29, 1.82) is 0 Å². The number of carbonyl (C=O) groups is 1. The molecule has 0 spiro atoms. The molecular formula is C8H17NO3. The van der Waals surface area contributed by atoms with Crippen molar-refractivity contribution in [2.24, 2.45) is 0 Å². The van der Waals surface area contributed by atoms with Gasteiger partial charge in [-0.05, 0) is 20.8 Å². The van der Waals surface area contributed by atoms with E-state index in [1.165, 1.54) is 0 Å². The van der Waals surface area contributed by atoms with Gasteiger partial charge in [0.05, 0.1) is 12.1 Å². The molecule has 0 amide bonds. The number of rotatable bonds is 6. The number of hydrogen-bond donors (Lipinski definition) is 2. The highest BCUT2D eigenvalue weighted by Gasteiger charge is 2.16. The van der Waals surface area contributed by atoms with Gasteiger partial charge in [-0.25, -0.2) is 0 Å². The highest BCUT2D eigenvalue weighted by Crippen LogP contribution is 2.06. The average molecular weight is 175 g/mol. The lowest BCUT2D eigenvalue weighted by Gasteiger charge is -2.24. The Labute approximate surface area is 72.9 Å². The maximum atomic E-state index is 10.1. The monoisotopic (exact) mass is 175 g/mol. The number of aliphatic carboxylic acids is 1. The Bertz CT molecular complexity index is 145. The zero-order chi connectivity index (χ0) is 9.61. The summed E-state index contributed by atoms with van der Waals surface area (Å²) in [5, 5.41) is 11.1. The third-order valence-electron chi connectivity index (χ3n) is 1.36. The van der Waals surface area contributed by atoms with Crippen LogP contribution in [0.2, 0.25) is 0 Å². The molecule has 0 heterocycles. The Morgan fingerprint density at radius 3 is 2.58 bits per heavy atom. The van der Waals surface area contributed by atoms with Crippen molar-refractivity contribution in [3.63, 3.8) is 0 Å². The Morgan fingerprint density at radius 2 is 2.17 bits per heavy atom. The van der Waals surface area contributed by atoms with Crippen LogP contribution in [0, 0.1) is 0 Å². The minimum absolute atomic E-state index is 0.0174. The quantitative estimate of drug-likeness (QED) is 0.616. The molecule has 0 aromatic heterocycles. The van der Waals surface area contributed by atoms with Crippen molar-refractivity contribution in [2.45, 2.75) is 26.4 Å². The SMILES string of the molecule is CCOC(C)(C)CNCC(=O)O. The minimum Gasteiger partial charge on any atom is -0.480 e. The van der Waals surface area contributed by atoms with Crippen LogP contribution in [0.25, 0.3) is 0 Å². The summed E-state index contributed by atoms with van der Waals surface area (Å²) >= 11 is 0. The van der Waals surface area contributed by atoms with E-state index in [0.717, 1.165) is 0 Å². The Hall–Kier alpha value is -0.610. The van der Waals surface area contributed by atoms with Gasteiger partial charge >= 0.3 is 5.97 Å². The van der Waals surface area contributed by atoms with Gasteiger partial charge in [-0.3, -0.25) is 4.79 Å². The topological polar surface area (TPSA) is 58.6 Å². The fourth-order valence-electron chi connectivity index (χ4n) is 0.912. The molecule has 0 atom stereocenters. The summed E-state index contributed by atoms with van der Waals surface area (Å²) < 4.78 is 5.36. The maximum absolute atomic E-state index is 10.1. The minimum atomic E-state index is -0.845. The molecule has 12 heavy (non-hydrogen) atoms. The summed E-state index contributed by atoms with van der Waals surface area (Å²) in [4.78, 5) is 10.1. The van der Waals surface area contributed by atoms with Crippen LogP contribution in [0.15, 0.2) is 0 Å². The lowest BCUT2D eigenvalue weighted by atomic mass is 10.1. The Morgan fingerprint density at radius 1 is 1.58 bits per heavy atom. The predicted octanol–water partition coefficient (Wildman–Crippen LogP) is 0.476. The van der Waals surface area contributed by atoms with E-state index < -0.39 is 5.97 Å². The van der Waals surface area contributed by atoms with E-state index in [4.69, 9.17) is 9.84 Å². The van der Waals surface area contributed by atoms with E-state index >= 15 is 0 Å². The molecule has 72 valence electrons. The van der Waals surface area contributed by atoms with Gasteiger partial charge < -0.3 is 15.2 Å². The standard InChI is InChI=1S/C8H17NO3/c1-4-12-8(2,3)6-9-5-7(10)11/h9H,4-6H2,1-3H3,(H,10,11). The van der Waals surface area contributed by atoms with Gasteiger partial charge in [0.1, 0.15) is 0 Å². The van der Waals surface area contributed by atoms with E-state index in [1.54, 1.807) is 0 Å². The van der Waals surface area contributed by atoms with Crippen LogP contribution in [-0.2, 0) is 9.53 Å². The molecule has 4 nitrogen and oxygen atoms in total. The molecule has 0 aliphatic heterocycles. The van der Waals surface area contributed by atoms with Crippen LogP contribution in [0.1, 0.15) is 20.8 Å². The lowest BCUT2D eigenvalue weighted by Crippen LogP contribution is -2.39. The average Bonchev–Trinajstić information content (AvgIpc) is 1.85. The lowest BCUT2D eigenvalue weighted by molar-refractivity contribution is -0.136. The van der Waals surface area contributed by atoms with Crippen LogP contribution in [0.4, 0.5) is 0 Å². The first-order chi connectivity index (χ1) is 5.48. The molecule has 0 saturated heterocycles. The van der Waals surface area contributed by atoms with Gasteiger partial charge in [-0.1, -0.05) is 0 Å². The molecule has 0 aromatic carbocycles. The van der Waals surface area contributed by atoms with Crippen molar-refractivity contribution in [3.8, 4) is 0 Å². The van der Waals surface area contributed by atoms with Gasteiger partial charge in [0.15, 0.2) is 0 Å². The largest absolute Gasteiger partial charge is 0.480 e. The second-order valence-corrected chi connectivity index (χ2v) is 3.19. The fraction of sp³-hybridized carbons (Fsp3) is 0.875.